The number of carbonyl (C=O) groups is 2. The smallest absolute Gasteiger partial charge is 0.247 e. The number of amides is 2. The second kappa shape index (κ2) is 12.2. The predicted molar refractivity (Wildman–Crippen MR) is 123 cm³/mol. The molecule has 9 heteroatoms. The van der Waals surface area contributed by atoms with Gasteiger partial charge in [-0.15, -0.1) is 0 Å². The van der Waals surface area contributed by atoms with E-state index >= 15 is 0 Å². The van der Waals surface area contributed by atoms with Crippen LogP contribution in [0, 0.1) is 0 Å². The van der Waals surface area contributed by atoms with E-state index in [-0.39, 0.29) is 25.0 Å². The molecule has 9 nitrogen and oxygen atoms in total. The summed E-state index contributed by atoms with van der Waals surface area (Å²) in [5.41, 5.74) is 1.08. The first kappa shape index (κ1) is 23.7. The highest BCUT2D eigenvalue weighted by atomic mass is 16.6. The van der Waals surface area contributed by atoms with Crippen LogP contribution in [0.2, 0.25) is 0 Å². The van der Waals surface area contributed by atoms with E-state index in [9.17, 15) is 9.59 Å². The third-order valence-corrected chi connectivity index (χ3v) is 4.36. The fraction of sp³-hybridized carbons (Fsp3) is 0.250. The van der Waals surface area contributed by atoms with Crippen LogP contribution < -0.4 is 29.6 Å². The van der Waals surface area contributed by atoms with Gasteiger partial charge in [0.1, 0.15) is 26.4 Å². The average Bonchev–Trinajstić information content (AvgIpc) is 2.83. The lowest BCUT2D eigenvalue weighted by Gasteiger charge is -2.15. The van der Waals surface area contributed by atoms with Crippen LogP contribution in [0.15, 0.2) is 61.7 Å². The van der Waals surface area contributed by atoms with Gasteiger partial charge in [-0.2, -0.15) is 0 Å². The second-order valence-corrected chi connectivity index (χ2v) is 6.72. The fourth-order valence-electron chi connectivity index (χ4n) is 2.85. The van der Waals surface area contributed by atoms with E-state index in [1.807, 2.05) is 0 Å². The van der Waals surface area contributed by atoms with E-state index in [4.69, 9.17) is 23.7 Å². The first-order valence-electron chi connectivity index (χ1n) is 10.3. The van der Waals surface area contributed by atoms with Gasteiger partial charge < -0.3 is 34.3 Å². The van der Waals surface area contributed by atoms with Gasteiger partial charge in [0.25, 0.3) is 0 Å². The highest BCUT2D eigenvalue weighted by Gasteiger charge is 2.12. The monoisotopic (exact) mass is 454 g/mol. The molecule has 0 saturated carbocycles. The van der Waals surface area contributed by atoms with Crippen molar-refractivity contribution >= 4 is 23.2 Å². The number of rotatable bonds is 4. The summed E-state index contributed by atoms with van der Waals surface area (Å²) in [7, 11) is 0. The van der Waals surface area contributed by atoms with Gasteiger partial charge in [0.2, 0.25) is 11.8 Å². The zero-order chi connectivity index (χ0) is 23.5. The number of ether oxygens (including phenoxy) is 5. The summed E-state index contributed by atoms with van der Waals surface area (Å²) >= 11 is 0. The van der Waals surface area contributed by atoms with Crippen molar-refractivity contribution in [2.24, 2.45) is 0 Å². The lowest BCUT2D eigenvalue weighted by atomic mass is 10.2. The van der Waals surface area contributed by atoms with Crippen LogP contribution >= 0.6 is 0 Å². The number of benzene rings is 2. The van der Waals surface area contributed by atoms with Crippen LogP contribution in [-0.2, 0) is 14.3 Å². The summed E-state index contributed by atoms with van der Waals surface area (Å²) in [4.78, 5) is 23.2. The molecule has 0 fully saturated rings. The number of hydrogen-bond acceptors (Lipinski definition) is 7. The van der Waals surface area contributed by atoms with Gasteiger partial charge in [-0.3, -0.25) is 9.59 Å². The number of hydrogen-bond donors (Lipinski definition) is 2. The van der Waals surface area contributed by atoms with Gasteiger partial charge >= 0.3 is 0 Å². The highest BCUT2D eigenvalue weighted by Crippen LogP contribution is 2.32. The molecule has 33 heavy (non-hydrogen) atoms. The molecule has 0 radical (unpaired) electrons. The molecule has 2 aromatic carbocycles. The minimum Gasteiger partial charge on any atom is -0.487 e. The first-order valence-corrected chi connectivity index (χ1v) is 10.3. The highest BCUT2D eigenvalue weighted by molar-refractivity contribution is 5.99. The Hall–Kier alpha value is -3.98. The molecule has 1 aliphatic rings. The van der Waals surface area contributed by atoms with Gasteiger partial charge in [0.15, 0.2) is 23.0 Å². The number of fused-ring (bicyclic) bond motifs is 2. The van der Waals surface area contributed by atoms with E-state index < -0.39 is 0 Å². The molecule has 2 amide bonds. The molecule has 0 aromatic heterocycles. The summed E-state index contributed by atoms with van der Waals surface area (Å²) in [6, 6.07) is 10.2. The Morgan fingerprint density at radius 3 is 1.45 bits per heavy atom. The summed E-state index contributed by atoms with van der Waals surface area (Å²) in [6.07, 6.45) is 2.37. The summed E-state index contributed by atoms with van der Waals surface area (Å²) in [5.74, 6) is 1.24. The first-order chi connectivity index (χ1) is 16.1. The summed E-state index contributed by atoms with van der Waals surface area (Å²) in [6.45, 7) is 8.61. The third-order valence-electron chi connectivity index (χ3n) is 4.36. The third kappa shape index (κ3) is 7.29. The molecule has 2 N–H and O–H groups in total. The minimum atomic E-state index is -0.333. The summed E-state index contributed by atoms with van der Waals surface area (Å²) < 4.78 is 28.8. The molecule has 0 unspecified atom stereocenters. The molecule has 0 spiro atoms. The van der Waals surface area contributed by atoms with Crippen molar-refractivity contribution in [1.29, 1.82) is 0 Å². The van der Waals surface area contributed by atoms with Gasteiger partial charge in [-0.1, -0.05) is 13.2 Å². The average molecular weight is 454 g/mol. The Morgan fingerprint density at radius 2 is 1.03 bits per heavy atom. The van der Waals surface area contributed by atoms with Crippen LogP contribution in [0.3, 0.4) is 0 Å². The van der Waals surface area contributed by atoms with Crippen molar-refractivity contribution < 1.29 is 33.3 Å². The Bertz CT molecular complexity index is 927. The van der Waals surface area contributed by atoms with Crippen molar-refractivity contribution in [2.45, 2.75) is 0 Å². The van der Waals surface area contributed by atoms with Crippen LogP contribution in [0.4, 0.5) is 11.4 Å². The Kier molecular flexibility index (Phi) is 8.72. The van der Waals surface area contributed by atoms with Crippen molar-refractivity contribution in [1.82, 2.24) is 0 Å². The Morgan fingerprint density at radius 1 is 0.636 bits per heavy atom. The normalized spacial score (nSPS) is 14.1. The zero-order valence-electron chi connectivity index (χ0n) is 18.1. The molecule has 2 aromatic rings. The topological polar surface area (TPSA) is 104 Å². The van der Waals surface area contributed by atoms with E-state index in [0.29, 0.717) is 60.8 Å². The predicted octanol–water partition coefficient (Wildman–Crippen LogP) is 3.18. The maximum atomic E-state index is 11.6. The fourth-order valence-corrected chi connectivity index (χ4v) is 2.85. The van der Waals surface area contributed by atoms with Crippen molar-refractivity contribution in [3.8, 4) is 23.0 Å². The molecule has 0 bridgehead atoms. The lowest BCUT2D eigenvalue weighted by molar-refractivity contribution is -0.112. The summed E-state index contributed by atoms with van der Waals surface area (Å²) in [5, 5.41) is 5.38. The quantitative estimate of drug-likeness (QED) is 0.684. The van der Waals surface area contributed by atoms with E-state index in [2.05, 4.69) is 23.8 Å². The van der Waals surface area contributed by atoms with Crippen molar-refractivity contribution in [3.63, 3.8) is 0 Å². The maximum absolute atomic E-state index is 11.6. The van der Waals surface area contributed by atoms with Crippen LogP contribution in [0.1, 0.15) is 0 Å². The van der Waals surface area contributed by atoms with Crippen LogP contribution in [0.5, 0.6) is 23.0 Å². The molecule has 3 rings (SSSR count). The number of anilines is 2. The van der Waals surface area contributed by atoms with Gasteiger partial charge in [-0.25, -0.2) is 0 Å². The second-order valence-electron chi connectivity index (χ2n) is 6.72. The SMILES string of the molecule is C=CC(=O)Nc1ccc2c(c1)OCCOc1cc(NC(=O)C=C)ccc1OCCOCCO2. The Balaban J connectivity index is 1.75. The van der Waals surface area contributed by atoms with Crippen LogP contribution in [0.25, 0.3) is 0 Å². The zero-order valence-corrected chi connectivity index (χ0v) is 18.1. The molecule has 0 atom stereocenters. The largest absolute Gasteiger partial charge is 0.487 e. The lowest BCUT2D eigenvalue weighted by Crippen LogP contribution is -2.13. The van der Waals surface area contributed by atoms with Crippen LogP contribution in [-0.4, -0.2) is 51.5 Å². The van der Waals surface area contributed by atoms with Gasteiger partial charge in [0.05, 0.1) is 13.2 Å². The molecule has 174 valence electrons. The van der Waals surface area contributed by atoms with Gasteiger partial charge in [-0.05, 0) is 36.4 Å². The van der Waals surface area contributed by atoms with E-state index in [0.717, 1.165) is 0 Å². The van der Waals surface area contributed by atoms with Crippen molar-refractivity contribution in [2.75, 3.05) is 50.3 Å². The molecular formula is C24H26N2O7. The maximum Gasteiger partial charge on any atom is 0.247 e. The molecule has 1 heterocycles. The van der Waals surface area contributed by atoms with E-state index in [1.165, 1.54) is 12.2 Å². The molecule has 0 saturated heterocycles. The van der Waals surface area contributed by atoms with Crippen molar-refractivity contribution in [3.05, 3.63) is 61.7 Å². The molecule has 1 aliphatic heterocycles. The number of carbonyl (C=O) groups excluding carboxylic acids is 2. The van der Waals surface area contributed by atoms with E-state index in [1.54, 1.807) is 36.4 Å². The molecule has 0 aliphatic carbocycles. The van der Waals surface area contributed by atoms with Gasteiger partial charge in [0, 0.05) is 23.5 Å². The number of nitrogens with one attached hydrogen (secondary N) is 2. The molecular weight excluding hydrogens is 428 g/mol. The standard InChI is InChI=1S/C24H26N2O7/c1-3-23(27)25-17-5-7-19-21(15-17)32-13-14-33-22-16-18(26-24(28)4-2)6-8-20(22)31-12-10-29-9-11-30-19/h3-8,15-16H,1-2,9-14H2,(H,25,27)(H,26,28). The Labute approximate surface area is 191 Å². The minimum absolute atomic E-state index is 0.189.